The van der Waals surface area contributed by atoms with Crippen LogP contribution in [0.1, 0.15) is 24.1 Å². The average Bonchev–Trinajstić information content (AvgIpc) is 2.57. The molecule has 1 nitrogen and oxygen atoms in total. The molecule has 1 aromatic rings. The summed E-state index contributed by atoms with van der Waals surface area (Å²) in [6, 6.07) is 4.62. The second-order valence-corrected chi connectivity index (χ2v) is 4.67. The maximum atomic E-state index is 5.88. The van der Waals surface area contributed by atoms with E-state index in [9.17, 15) is 0 Å². The van der Waals surface area contributed by atoms with Crippen LogP contribution in [0.15, 0.2) is 29.2 Å². The first-order chi connectivity index (χ1) is 6.34. The third-order valence-corrected chi connectivity index (χ3v) is 3.34. The second-order valence-electron chi connectivity index (χ2n) is 3.64. The lowest BCUT2D eigenvalue weighted by Gasteiger charge is -2.17. The van der Waals surface area contributed by atoms with Gasteiger partial charge in [-0.15, -0.1) is 11.3 Å². The minimum absolute atomic E-state index is 0.309. The highest BCUT2D eigenvalue weighted by Gasteiger charge is 2.10. The highest BCUT2D eigenvalue weighted by Crippen LogP contribution is 2.22. The maximum absolute atomic E-state index is 5.88. The van der Waals surface area contributed by atoms with Gasteiger partial charge in [-0.05, 0) is 30.7 Å². The summed E-state index contributed by atoms with van der Waals surface area (Å²) in [6.45, 7) is 0. The van der Waals surface area contributed by atoms with E-state index < -0.39 is 0 Å². The van der Waals surface area contributed by atoms with E-state index in [0.717, 1.165) is 12.8 Å². The van der Waals surface area contributed by atoms with Crippen molar-refractivity contribution in [3.63, 3.8) is 0 Å². The summed E-state index contributed by atoms with van der Waals surface area (Å²) in [5, 5.41) is 2.14. The number of hydrogen-bond acceptors (Lipinski definition) is 2. The zero-order valence-electron chi connectivity index (χ0n) is 7.70. The van der Waals surface area contributed by atoms with E-state index in [1.54, 1.807) is 0 Å². The summed E-state index contributed by atoms with van der Waals surface area (Å²) in [6.07, 6.45) is 7.03. The van der Waals surface area contributed by atoms with E-state index in [1.165, 1.54) is 23.3 Å². The summed E-state index contributed by atoms with van der Waals surface area (Å²) >= 11 is 1.84. The van der Waals surface area contributed by atoms with Crippen molar-refractivity contribution in [3.05, 3.63) is 34.0 Å². The summed E-state index contributed by atoms with van der Waals surface area (Å²) in [5.41, 5.74) is 7.41. The fourth-order valence-corrected chi connectivity index (χ4v) is 2.58. The van der Waals surface area contributed by atoms with Gasteiger partial charge >= 0.3 is 0 Å². The molecule has 0 aliphatic heterocycles. The Morgan fingerprint density at radius 2 is 2.46 bits per heavy atom. The van der Waals surface area contributed by atoms with Gasteiger partial charge in [0.25, 0.3) is 0 Å². The largest absolute Gasteiger partial charge is 0.324 e. The molecule has 2 heteroatoms. The highest BCUT2D eigenvalue weighted by molar-refractivity contribution is 7.09. The van der Waals surface area contributed by atoms with Crippen LogP contribution in [0.4, 0.5) is 0 Å². The smallest absolute Gasteiger partial charge is 0.0226 e. The van der Waals surface area contributed by atoms with Crippen molar-refractivity contribution in [3.8, 4) is 0 Å². The lowest BCUT2D eigenvalue weighted by Crippen LogP contribution is -2.20. The van der Waals surface area contributed by atoms with Gasteiger partial charge in [-0.1, -0.05) is 17.7 Å². The number of thiophene rings is 1. The van der Waals surface area contributed by atoms with Crippen molar-refractivity contribution < 1.29 is 0 Å². The standard InChI is InChI=1S/C11H15NS/c12-10-4-1-3-9(7-10)8-11-5-2-6-13-11/h2,5-7,10H,1,3-4,8,12H2. The molecule has 0 saturated heterocycles. The van der Waals surface area contributed by atoms with Crippen molar-refractivity contribution >= 4 is 11.3 Å². The summed E-state index contributed by atoms with van der Waals surface area (Å²) in [5.74, 6) is 0. The third-order valence-electron chi connectivity index (χ3n) is 2.47. The third kappa shape index (κ3) is 2.42. The maximum Gasteiger partial charge on any atom is 0.0226 e. The summed E-state index contributed by atoms with van der Waals surface area (Å²) in [4.78, 5) is 1.46. The lowest BCUT2D eigenvalue weighted by atomic mass is 9.94. The molecule has 0 radical (unpaired) electrons. The Bertz CT molecular complexity index is 287. The van der Waals surface area contributed by atoms with Gasteiger partial charge in [0.05, 0.1) is 0 Å². The first-order valence-electron chi connectivity index (χ1n) is 4.82. The Balaban J connectivity index is 2.02. The monoisotopic (exact) mass is 193 g/mol. The normalized spacial score (nSPS) is 22.8. The predicted octanol–water partition coefficient (Wildman–Crippen LogP) is 2.73. The Kier molecular flexibility index (Phi) is 2.81. The van der Waals surface area contributed by atoms with Gasteiger partial charge in [0.1, 0.15) is 0 Å². The first kappa shape index (κ1) is 8.97. The van der Waals surface area contributed by atoms with Crippen LogP contribution in [0, 0.1) is 0 Å². The molecule has 0 amide bonds. The predicted molar refractivity (Wildman–Crippen MR) is 57.9 cm³/mol. The number of rotatable bonds is 2. The molecule has 13 heavy (non-hydrogen) atoms. The van der Waals surface area contributed by atoms with Crippen molar-refractivity contribution in [1.82, 2.24) is 0 Å². The average molecular weight is 193 g/mol. The van der Waals surface area contributed by atoms with Crippen LogP contribution in [0.25, 0.3) is 0 Å². The summed E-state index contributed by atoms with van der Waals surface area (Å²) in [7, 11) is 0. The fraction of sp³-hybridized carbons (Fsp3) is 0.455. The van der Waals surface area contributed by atoms with Crippen molar-refractivity contribution in [2.75, 3.05) is 0 Å². The van der Waals surface area contributed by atoms with E-state index in [2.05, 4.69) is 23.6 Å². The quantitative estimate of drug-likeness (QED) is 0.718. The van der Waals surface area contributed by atoms with Gasteiger partial charge in [-0.25, -0.2) is 0 Å². The molecule has 1 heterocycles. The van der Waals surface area contributed by atoms with Crippen molar-refractivity contribution in [2.45, 2.75) is 31.7 Å². The minimum atomic E-state index is 0.309. The molecule has 1 aliphatic carbocycles. The molecule has 0 fully saturated rings. The molecule has 1 atom stereocenters. The molecule has 0 aromatic carbocycles. The van der Waals surface area contributed by atoms with E-state index in [-0.39, 0.29) is 0 Å². The van der Waals surface area contributed by atoms with Crippen LogP contribution in [0.5, 0.6) is 0 Å². The fourth-order valence-electron chi connectivity index (χ4n) is 1.82. The minimum Gasteiger partial charge on any atom is -0.324 e. The Hall–Kier alpha value is -0.600. The molecular weight excluding hydrogens is 178 g/mol. The van der Waals surface area contributed by atoms with E-state index in [4.69, 9.17) is 5.73 Å². The zero-order chi connectivity index (χ0) is 9.10. The SMILES string of the molecule is NC1C=C(Cc2cccs2)CCC1. The van der Waals surface area contributed by atoms with E-state index in [1.807, 2.05) is 11.3 Å². The Morgan fingerprint density at radius 3 is 3.15 bits per heavy atom. The molecule has 2 N–H and O–H groups in total. The number of hydrogen-bond donors (Lipinski definition) is 1. The van der Waals surface area contributed by atoms with Crippen molar-refractivity contribution in [1.29, 1.82) is 0 Å². The molecule has 1 aromatic heterocycles. The Morgan fingerprint density at radius 1 is 1.54 bits per heavy atom. The van der Waals surface area contributed by atoms with Gasteiger partial charge < -0.3 is 5.73 Å². The molecular formula is C11H15NS. The van der Waals surface area contributed by atoms with Gasteiger partial charge in [-0.3, -0.25) is 0 Å². The molecule has 70 valence electrons. The van der Waals surface area contributed by atoms with Gasteiger partial charge in [0.15, 0.2) is 0 Å². The van der Waals surface area contributed by atoms with Gasteiger partial charge in [0, 0.05) is 17.3 Å². The van der Waals surface area contributed by atoms with Gasteiger partial charge in [0.2, 0.25) is 0 Å². The van der Waals surface area contributed by atoms with Crippen LogP contribution in [0.3, 0.4) is 0 Å². The van der Waals surface area contributed by atoms with E-state index >= 15 is 0 Å². The molecule has 2 rings (SSSR count). The highest BCUT2D eigenvalue weighted by atomic mass is 32.1. The Labute approximate surface area is 83.3 Å². The van der Waals surface area contributed by atoms with Crippen LogP contribution in [-0.2, 0) is 6.42 Å². The molecule has 0 saturated carbocycles. The first-order valence-corrected chi connectivity index (χ1v) is 5.70. The molecule has 0 spiro atoms. The topological polar surface area (TPSA) is 26.0 Å². The van der Waals surface area contributed by atoms with Crippen LogP contribution >= 0.6 is 11.3 Å². The summed E-state index contributed by atoms with van der Waals surface area (Å²) < 4.78 is 0. The molecule has 1 unspecified atom stereocenters. The van der Waals surface area contributed by atoms with Crippen LogP contribution in [-0.4, -0.2) is 6.04 Å². The molecule has 1 aliphatic rings. The molecule has 0 bridgehead atoms. The van der Waals surface area contributed by atoms with Crippen molar-refractivity contribution in [2.24, 2.45) is 5.73 Å². The number of allylic oxidation sites excluding steroid dienone is 1. The van der Waals surface area contributed by atoms with Crippen LogP contribution < -0.4 is 5.73 Å². The van der Waals surface area contributed by atoms with Gasteiger partial charge in [-0.2, -0.15) is 0 Å². The lowest BCUT2D eigenvalue weighted by molar-refractivity contribution is 0.618. The van der Waals surface area contributed by atoms with Crippen LogP contribution in [0.2, 0.25) is 0 Å². The zero-order valence-corrected chi connectivity index (χ0v) is 8.52. The van der Waals surface area contributed by atoms with E-state index in [0.29, 0.717) is 6.04 Å². The second kappa shape index (κ2) is 4.07. The number of nitrogens with two attached hydrogens (primary N) is 1.